The standard InChI is InChI=1S/C13H22BrN3O3/c1-4-15-13-12(14)10(9-19-3)16-11(17-13)5-6-20-8-7-18-2/h4-9H2,1-3H3,(H,15,16,17). The molecule has 1 aromatic heterocycles. The van der Waals surface area contributed by atoms with Crippen molar-refractivity contribution < 1.29 is 14.2 Å². The van der Waals surface area contributed by atoms with Gasteiger partial charge in [0.2, 0.25) is 0 Å². The van der Waals surface area contributed by atoms with Crippen LogP contribution in [-0.4, -0.2) is 50.6 Å². The van der Waals surface area contributed by atoms with E-state index in [4.69, 9.17) is 14.2 Å². The third-order valence-electron chi connectivity index (χ3n) is 2.49. The summed E-state index contributed by atoms with van der Waals surface area (Å²) < 4.78 is 16.4. The molecule has 0 saturated heterocycles. The first kappa shape index (κ1) is 17.3. The second kappa shape index (κ2) is 10.0. The van der Waals surface area contributed by atoms with Crippen LogP contribution >= 0.6 is 15.9 Å². The van der Waals surface area contributed by atoms with Gasteiger partial charge in [0.15, 0.2) is 0 Å². The van der Waals surface area contributed by atoms with Crippen molar-refractivity contribution in [2.45, 2.75) is 20.0 Å². The molecule has 6 nitrogen and oxygen atoms in total. The summed E-state index contributed by atoms with van der Waals surface area (Å²) in [6.07, 6.45) is 0.659. The van der Waals surface area contributed by atoms with E-state index in [1.165, 1.54) is 0 Å². The fourth-order valence-electron chi connectivity index (χ4n) is 1.58. The lowest BCUT2D eigenvalue weighted by Crippen LogP contribution is -2.11. The average Bonchev–Trinajstić information content (AvgIpc) is 2.44. The Bertz CT molecular complexity index is 377. The fourth-order valence-corrected chi connectivity index (χ4v) is 2.01. The summed E-state index contributed by atoms with van der Waals surface area (Å²) in [6, 6.07) is 0. The van der Waals surface area contributed by atoms with Crippen LogP contribution in [0.3, 0.4) is 0 Å². The molecule has 0 radical (unpaired) electrons. The summed E-state index contributed by atoms with van der Waals surface area (Å²) in [4.78, 5) is 8.98. The van der Waals surface area contributed by atoms with Crippen molar-refractivity contribution in [3.8, 4) is 0 Å². The first-order valence-electron chi connectivity index (χ1n) is 6.57. The lowest BCUT2D eigenvalue weighted by Gasteiger charge is -2.12. The second-order valence-corrected chi connectivity index (χ2v) is 4.86. The lowest BCUT2D eigenvalue weighted by molar-refractivity contribution is 0.0716. The number of aromatic nitrogens is 2. The number of hydrogen-bond acceptors (Lipinski definition) is 6. The van der Waals surface area contributed by atoms with Crippen LogP contribution in [-0.2, 0) is 27.2 Å². The molecule has 1 aromatic rings. The van der Waals surface area contributed by atoms with Crippen molar-refractivity contribution >= 4 is 21.7 Å². The molecule has 20 heavy (non-hydrogen) atoms. The number of halogens is 1. The van der Waals surface area contributed by atoms with Crippen LogP contribution in [0.15, 0.2) is 4.47 Å². The Morgan fingerprint density at radius 1 is 1.10 bits per heavy atom. The molecule has 0 spiro atoms. The fraction of sp³-hybridized carbons (Fsp3) is 0.692. The van der Waals surface area contributed by atoms with E-state index >= 15 is 0 Å². The monoisotopic (exact) mass is 347 g/mol. The topological polar surface area (TPSA) is 65.5 Å². The zero-order valence-electron chi connectivity index (χ0n) is 12.2. The Labute approximate surface area is 128 Å². The molecular formula is C13H22BrN3O3. The zero-order chi connectivity index (χ0) is 14.8. The molecule has 0 aliphatic rings. The Morgan fingerprint density at radius 3 is 2.55 bits per heavy atom. The molecule has 0 unspecified atom stereocenters. The highest BCUT2D eigenvalue weighted by molar-refractivity contribution is 9.10. The number of rotatable bonds is 10. The van der Waals surface area contributed by atoms with Gasteiger partial charge < -0.3 is 19.5 Å². The van der Waals surface area contributed by atoms with Gasteiger partial charge in [-0.25, -0.2) is 9.97 Å². The molecule has 1 rings (SSSR count). The Morgan fingerprint density at radius 2 is 1.90 bits per heavy atom. The van der Waals surface area contributed by atoms with Crippen LogP contribution < -0.4 is 5.32 Å². The maximum Gasteiger partial charge on any atom is 0.144 e. The minimum Gasteiger partial charge on any atom is -0.382 e. The number of nitrogens with zero attached hydrogens (tertiary/aromatic N) is 2. The molecule has 0 fully saturated rings. The van der Waals surface area contributed by atoms with Crippen molar-refractivity contribution in [3.63, 3.8) is 0 Å². The Balaban J connectivity index is 2.69. The Kier molecular flexibility index (Phi) is 8.68. The molecule has 0 aliphatic carbocycles. The Hall–Kier alpha value is -0.760. The number of ether oxygens (including phenoxy) is 3. The third kappa shape index (κ3) is 5.70. The average molecular weight is 348 g/mol. The molecule has 0 aromatic carbocycles. The molecule has 0 aliphatic heterocycles. The molecule has 7 heteroatoms. The van der Waals surface area contributed by atoms with E-state index in [0.29, 0.717) is 32.8 Å². The van der Waals surface area contributed by atoms with Crippen LogP contribution in [0, 0.1) is 0 Å². The molecule has 0 amide bonds. The number of methoxy groups -OCH3 is 2. The van der Waals surface area contributed by atoms with Gasteiger partial charge in [0.25, 0.3) is 0 Å². The van der Waals surface area contributed by atoms with Crippen molar-refractivity contribution in [1.82, 2.24) is 9.97 Å². The largest absolute Gasteiger partial charge is 0.382 e. The van der Waals surface area contributed by atoms with Crippen LogP contribution in [0.1, 0.15) is 18.4 Å². The van der Waals surface area contributed by atoms with E-state index in [9.17, 15) is 0 Å². The van der Waals surface area contributed by atoms with Crippen LogP contribution in [0.2, 0.25) is 0 Å². The lowest BCUT2D eigenvalue weighted by atomic mass is 10.3. The smallest absolute Gasteiger partial charge is 0.144 e. The predicted octanol–water partition coefficient (Wildman–Crippen LogP) is 2.02. The highest BCUT2D eigenvalue weighted by Crippen LogP contribution is 2.24. The van der Waals surface area contributed by atoms with Gasteiger partial charge >= 0.3 is 0 Å². The van der Waals surface area contributed by atoms with E-state index in [-0.39, 0.29) is 0 Å². The number of anilines is 1. The first-order chi connectivity index (χ1) is 9.72. The minimum absolute atomic E-state index is 0.443. The molecular weight excluding hydrogens is 326 g/mol. The SMILES string of the molecule is CCNc1nc(CCOCCOC)nc(COC)c1Br. The van der Waals surface area contributed by atoms with Gasteiger partial charge in [-0.05, 0) is 22.9 Å². The van der Waals surface area contributed by atoms with Gasteiger partial charge in [0.1, 0.15) is 11.6 Å². The summed E-state index contributed by atoms with van der Waals surface area (Å²) in [5.41, 5.74) is 0.838. The van der Waals surface area contributed by atoms with Crippen molar-refractivity contribution in [1.29, 1.82) is 0 Å². The summed E-state index contributed by atoms with van der Waals surface area (Å²) in [5.74, 6) is 1.54. The summed E-state index contributed by atoms with van der Waals surface area (Å²) in [7, 11) is 3.30. The molecule has 0 bridgehead atoms. The normalized spacial score (nSPS) is 10.8. The highest BCUT2D eigenvalue weighted by Gasteiger charge is 2.11. The van der Waals surface area contributed by atoms with E-state index in [1.54, 1.807) is 14.2 Å². The van der Waals surface area contributed by atoms with Gasteiger partial charge in [-0.1, -0.05) is 0 Å². The van der Waals surface area contributed by atoms with Gasteiger partial charge in [-0.2, -0.15) is 0 Å². The van der Waals surface area contributed by atoms with Gasteiger partial charge in [0.05, 0.1) is 36.6 Å². The van der Waals surface area contributed by atoms with Crippen LogP contribution in [0.4, 0.5) is 5.82 Å². The summed E-state index contributed by atoms with van der Waals surface area (Å²) in [5, 5.41) is 3.21. The van der Waals surface area contributed by atoms with Crippen molar-refractivity contribution in [2.75, 3.05) is 45.9 Å². The zero-order valence-corrected chi connectivity index (χ0v) is 13.8. The highest BCUT2D eigenvalue weighted by atomic mass is 79.9. The van der Waals surface area contributed by atoms with Gasteiger partial charge in [0, 0.05) is 27.2 Å². The number of hydrogen-bond donors (Lipinski definition) is 1. The maximum absolute atomic E-state index is 5.44. The van der Waals surface area contributed by atoms with Crippen molar-refractivity contribution in [3.05, 3.63) is 16.0 Å². The molecule has 114 valence electrons. The van der Waals surface area contributed by atoms with E-state index < -0.39 is 0 Å². The molecule has 0 atom stereocenters. The van der Waals surface area contributed by atoms with E-state index in [2.05, 4.69) is 31.2 Å². The van der Waals surface area contributed by atoms with Gasteiger partial charge in [-0.3, -0.25) is 0 Å². The third-order valence-corrected chi connectivity index (χ3v) is 3.33. The van der Waals surface area contributed by atoms with Gasteiger partial charge in [-0.15, -0.1) is 0 Å². The summed E-state index contributed by atoms with van der Waals surface area (Å²) >= 11 is 3.50. The second-order valence-electron chi connectivity index (χ2n) is 4.07. The van der Waals surface area contributed by atoms with Crippen LogP contribution in [0.5, 0.6) is 0 Å². The minimum atomic E-state index is 0.443. The van der Waals surface area contributed by atoms with Crippen LogP contribution in [0.25, 0.3) is 0 Å². The number of nitrogens with one attached hydrogen (secondary N) is 1. The molecule has 0 saturated carbocycles. The molecule has 1 N–H and O–H groups in total. The quantitative estimate of drug-likeness (QED) is 0.653. The summed E-state index contributed by atoms with van der Waals surface area (Å²) in [6.45, 7) is 5.02. The van der Waals surface area contributed by atoms with Crippen molar-refractivity contribution in [2.24, 2.45) is 0 Å². The first-order valence-corrected chi connectivity index (χ1v) is 7.37. The molecule has 1 heterocycles. The predicted molar refractivity (Wildman–Crippen MR) is 81.0 cm³/mol. The van der Waals surface area contributed by atoms with E-state index in [0.717, 1.165) is 28.4 Å². The maximum atomic E-state index is 5.44. The van der Waals surface area contributed by atoms with E-state index in [1.807, 2.05) is 6.92 Å².